The summed E-state index contributed by atoms with van der Waals surface area (Å²) in [5, 5.41) is 9.14. The lowest BCUT2D eigenvalue weighted by atomic mass is 9.63. The van der Waals surface area contributed by atoms with Crippen LogP contribution >= 0.6 is 11.3 Å². The Morgan fingerprint density at radius 3 is 2.20 bits per heavy atom. The lowest BCUT2D eigenvalue weighted by Crippen LogP contribution is -2.40. The fourth-order valence-electron chi connectivity index (χ4n) is 4.52. The van der Waals surface area contributed by atoms with E-state index in [0.717, 1.165) is 5.01 Å². The molecule has 1 aromatic rings. The number of nitrogens with zero attached hydrogens (tertiary/aromatic N) is 3. The van der Waals surface area contributed by atoms with Gasteiger partial charge in [-0.3, -0.25) is 9.59 Å². The second kappa shape index (κ2) is 3.36. The molecule has 0 radical (unpaired) electrons. The molecule has 0 N–H and O–H groups in total. The van der Waals surface area contributed by atoms with E-state index in [0.29, 0.717) is 17.0 Å². The van der Waals surface area contributed by atoms with Crippen LogP contribution in [0.15, 0.2) is 12.2 Å². The van der Waals surface area contributed by atoms with Gasteiger partial charge >= 0.3 is 0 Å². The van der Waals surface area contributed by atoms with Gasteiger partial charge in [-0.1, -0.05) is 23.5 Å². The maximum atomic E-state index is 12.7. The minimum Gasteiger partial charge on any atom is -0.274 e. The Kier molecular flexibility index (Phi) is 1.87. The number of hydrogen-bond donors (Lipinski definition) is 0. The summed E-state index contributed by atoms with van der Waals surface area (Å²) in [5.41, 5.74) is 0. The highest BCUT2D eigenvalue weighted by Gasteiger charge is 2.67. The molecule has 0 unspecified atom stereocenters. The minimum absolute atomic E-state index is 0.0548. The molecular formula is C14H13N3O2S. The van der Waals surface area contributed by atoms with Crippen LogP contribution in [0.3, 0.4) is 0 Å². The summed E-state index contributed by atoms with van der Waals surface area (Å²) in [6, 6.07) is 0. The van der Waals surface area contributed by atoms with E-state index in [2.05, 4.69) is 22.3 Å². The van der Waals surface area contributed by atoms with Gasteiger partial charge in [0, 0.05) is 0 Å². The van der Waals surface area contributed by atoms with Gasteiger partial charge in [0.25, 0.3) is 0 Å². The van der Waals surface area contributed by atoms with Crippen molar-refractivity contribution >= 4 is 28.3 Å². The summed E-state index contributed by atoms with van der Waals surface area (Å²) in [6.45, 7) is 1.83. The molecule has 6 atom stereocenters. The second-order valence-electron chi connectivity index (χ2n) is 6.27. The molecule has 5 aliphatic rings. The fourth-order valence-corrected chi connectivity index (χ4v) is 5.22. The zero-order valence-electron chi connectivity index (χ0n) is 10.9. The summed E-state index contributed by atoms with van der Waals surface area (Å²) >= 11 is 1.31. The fraction of sp³-hybridized carbons (Fsp3) is 0.571. The van der Waals surface area contributed by atoms with Crippen LogP contribution < -0.4 is 4.90 Å². The van der Waals surface area contributed by atoms with Crippen LogP contribution in [0.1, 0.15) is 11.4 Å². The third-order valence-corrected chi connectivity index (χ3v) is 6.19. The molecule has 20 heavy (non-hydrogen) atoms. The average molecular weight is 287 g/mol. The van der Waals surface area contributed by atoms with E-state index in [-0.39, 0.29) is 35.5 Å². The molecule has 6 rings (SSSR count). The Hall–Kier alpha value is -1.56. The van der Waals surface area contributed by atoms with Crippen molar-refractivity contribution in [2.24, 2.45) is 35.5 Å². The van der Waals surface area contributed by atoms with Crippen molar-refractivity contribution in [3.8, 4) is 0 Å². The van der Waals surface area contributed by atoms with Crippen molar-refractivity contribution in [2.45, 2.75) is 13.3 Å². The van der Waals surface area contributed by atoms with Crippen molar-refractivity contribution < 1.29 is 9.59 Å². The van der Waals surface area contributed by atoms with E-state index < -0.39 is 0 Å². The summed E-state index contributed by atoms with van der Waals surface area (Å²) in [6.07, 6.45) is 5.55. The minimum atomic E-state index is -0.148. The highest BCUT2D eigenvalue weighted by molar-refractivity contribution is 7.15. The average Bonchev–Trinajstić information content (AvgIpc) is 3.10. The van der Waals surface area contributed by atoms with E-state index in [4.69, 9.17) is 0 Å². The molecule has 0 aromatic carbocycles. The monoisotopic (exact) mass is 287 g/mol. The quantitative estimate of drug-likeness (QED) is 0.578. The highest BCUT2D eigenvalue weighted by atomic mass is 32.1. The Balaban J connectivity index is 1.60. The van der Waals surface area contributed by atoms with Crippen molar-refractivity contribution in [3.63, 3.8) is 0 Å². The topological polar surface area (TPSA) is 63.2 Å². The van der Waals surface area contributed by atoms with Gasteiger partial charge in [-0.05, 0) is 37.0 Å². The largest absolute Gasteiger partial charge is 0.274 e. The van der Waals surface area contributed by atoms with Gasteiger partial charge in [0.1, 0.15) is 5.01 Å². The number of imide groups is 1. The molecule has 5 nitrogen and oxygen atoms in total. The van der Waals surface area contributed by atoms with Crippen LogP contribution in [0.2, 0.25) is 0 Å². The lowest BCUT2D eigenvalue weighted by Gasteiger charge is -2.37. The summed E-state index contributed by atoms with van der Waals surface area (Å²) in [5.74, 6) is 1.41. The molecule has 2 amide bonds. The Bertz CT molecular complexity index is 646. The van der Waals surface area contributed by atoms with Crippen LogP contribution in [-0.2, 0) is 9.59 Å². The van der Waals surface area contributed by atoms with Crippen LogP contribution in [0.25, 0.3) is 0 Å². The van der Waals surface area contributed by atoms with Crippen LogP contribution in [0, 0.1) is 42.4 Å². The predicted molar refractivity (Wildman–Crippen MR) is 71.8 cm³/mol. The molecule has 2 bridgehead atoms. The first-order valence-corrected chi connectivity index (χ1v) is 7.84. The van der Waals surface area contributed by atoms with Crippen LogP contribution in [0.4, 0.5) is 5.13 Å². The zero-order chi connectivity index (χ0) is 13.6. The molecule has 2 heterocycles. The lowest BCUT2D eigenvalue weighted by molar-refractivity contribution is -0.124. The Morgan fingerprint density at radius 2 is 1.70 bits per heavy atom. The second-order valence-corrected chi connectivity index (χ2v) is 7.43. The first-order valence-electron chi connectivity index (χ1n) is 7.03. The third kappa shape index (κ3) is 1.15. The maximum Gasteiger partial charge on any atom is 0.240 e. The molecule has 3 fully saturated rings. The molecule has 1 saturated heterocycles. The molecule has 1 aliphatic heterocycles. The van der Waals surface area contributed by atoms with Crippen molar-refractivity contribution in [1.82, 2.24) is 10.2 Å². The van der Waals surface area contributed by atoms with E-state index in [1.807, 2.05) is 6.92 Å². The van der Waals surface area contributed by atoms with E-state index in [1.54, 1.807) is 0 Å². The number of hydrogen-bond acceptors (Lipinski definition) is 5. The number of amides is 2. The van der Waals surface area contributed by atoms with Gasteiger partial charge < -0.3 is 0 Å². The van der Waals surface area contributed by atoms with Gasteiger partial charge in [0.15, 0.2) is 0 Å². The van der Waals surface area contributed by atoms with Gasteiger partial charge in [0.2, 0.25) is 16.9 Å². The number of carbonyl (C=O) groups excluding carboxylic acids is 2. The first kappa shape index (κ1) is 11.1. The standard InChI is InChI=1S/C14H13N3O2S/c1-5-15-16-14(20-5)17-12(18)10-6-2-3-7(9-4-8(6)9)11(10)13(17)19/h2-3,6-11H,4H2,1H3/t6-,7-,8-,9-,10+,11+/m0/s1. The Morgan fingerprint density at radius 1 is 1.10 bits per heavy atom. The third-order valence-electron chi connectivity index (χ3n) is 5.37. The number of aryl methyl sites for hydroxylation is 1. The summed E-state index contributed by atoms with van der Waals surface area (Å²) < 4.78 is 0. The molecule has 4 aliphatic carbocycles. The van der Waals surface area contributed by atoms with E-state index in [9.17, 15) is 9.59 Å². The van der Waals surface area contributed by atoms with Crippen molar-refractivity contribution in [3.05, 3.63) is 17.2 Å². The number of aromatic nitrogens is 2. The van der Waals surface area contributed by atoms with Crippen LogP contribution in [-0.4, -0.2) is 22.0 Å². The highest BCUT2D eigenvalue weighted by Crippen LogP contribution is 2.65. The Labute approximate surface area is 119 Å². The number of carbonyl (C=O) groups is 2. The van der Waals surface area contributed by atoms with Gasteiger partial charge in [0.05, 0.1) is 11.8 Å². The summed E-state index contributed by atoms with van der Waals surface area (Å²) in [7, 11) is 0. The van der Waals surface area contributed by atoms with Gasteiger partial charge in [-0.25, -0.2) is 4.90 Å². The van der Waals surface area contributed by atoms with Gasteiger partial charge in [-0.15, -0.1) is 10.2 Å². The van der Waals surface area contributed by atoms with Crippen LogP contribution in [0.5, 0.6) is 0 Å². The molecule has 2 saturated carbocycles. The molecule has 102 valence electrons. The molecule has 0 spiro atoms. The summed E-state index contributed by atoms with van der Waals surface area (Å²) in [4.78, 5) is 26.8. The normalized spacial score (nSPS) is 44.0. The maximum absolute atomic E-state index is 12.7. The smallest absolute Gasteiger partial charge is 0.240 e. The number of allylic oxidation sites excluding steroid dienone is 2. The number of anilines is 1. The first-order chi connectivity index (χ1) is 9.66. The number of rotatable bonds is 1. The predicted octanol–water partition coefficient (Wildman–Crippen LogP) is 1.40. The van der Waals surface area contributed by atoms with E-state index >= 15 is 0 Å². The van der Waals surface area contributed by atoms with E-state index in [1.165, 1.54) is 22.7 Å². The van der Waals surface area contributed by atoms with Crippen molar-refractivity contribution in [2.75, 3.05) is 4.90 Å². The van der Waals surface area contributed by atoms with Crippen molar-refractivity contribution in [1.29, 1.82) is 0 Å². The molecular weight excluding hydrogens is 274 g/mol. The zero-order valence-corrected chi connectivity index (χ0v) is 11.7. The molecule has 6 heteroatoms. The van der Waals surface area contributed by atoms with Gasteiger partial charge in [-0.2, -0.15) is 0 Å². The molecule has 1 aromatic heterocycles. The SMILES string of the molecule is Cc1nnc(N2C(=O)[C@@H]3[C@H]4C=C[C@@H]([C@@H]5C[C@@H]45)[C@H]3C2=O)s1.